The molecule has 92 valence electrons. The zero-order chi connectivity index (χ0) is 12.7. The highest BCUT2D eigenvalue weighted by atomic mass is 15.2. The third kappa shape index (κ3) is 3.83. The molecule has 2 heterocycles. The van der Waals surface area contributed by atoms with E-state index in [1.165, 1.54) is 19.5 Å². The third-order valence-corrected chi connectivity index (χ3v) is 2.95. The van der Waals surface area contributed by atoms with E-state index >= 15 is 0 Å². The quantitative estimate of drug-likeness (QED) is 0.803. The molecule has 1 aliphatic heterocycles. The standard InChI is InChI=1S/C12H15N3.C2H6/c1-2-10-7-15(8-10)9-12-4-3-11(5-13)6-14-12;1-2/h3-4,6,10H,2,7-9H2,1H3;1-2H3. The lowest BCUT2D eigenvalue weighted by molar-refractivity contribution is 0.0885. The van der Waals surface area contributed by atoms with Crippen LogP contribution in [0.4, 0.5) is 0 Å². The van der Waals surface area contributed by atoms with E-state index in [4.69, 9.17) is 5.26 Å². The second-order valence-corrected chi connectivity index (χ2v) is 4.12. The summed E-state index contributed by atoms with van der Waals surface area (Å²) in [6.45, 7) is 9.54. The van der Waals surface area contributed by atoms with Crippen molar-refractivity contribution >= 4 is 0 Å². The number of hydrogen-bond donors (Lipinski definition) is 0. The van der Waals surface area contributed by atoms with Crippen molar-refractivity contribution in [3.05, 3.63) is 29.6 Å². The largest absolute Gasteiger partial charge is 0.297 e. The maximum absolute atomic E-state index is 8.63. The molecule has 0 atom stereocenters. The Morgan fingerprint density at radius 1 is 1.41 bits per heavy atom. The van der Waals surface area contributed by atoms with Crippen LogP contribution in [0.15, 0.2) is 18.3 Å². The number of pyridine rings is 1. The van der Waals surface area contributed by atoms with Gasteiger partial charge in [-0.05, 0) is 18.1 Å². The van der Waals surface area contributed by atoms with E-state index in [1.54, 1.807) is 6.20 Å². The second-order valence-electron chi connectivity index (χ2n) is 4.12. The second kappa shape index (κ2) is 7.03. The molecule has 2 rings (SSSR count). The molecule has 1 aromatic heterocycles. The van der Waals surface area contributed by atoms with E-state index in [9.17, 15) is 0 Å². The molecule has 0 radical (unpaired) electrons. The summed E-state index contributed by atoms with van der Waals surface area (Å²) in [6.07, 6.45) is 2.92. The van der Waals surface area contributed by atoms with E-state index < -0.39 is 0 Å². The van der Waals surface area contributed by atoms with Gasteiger partial charge in [-0.2, -0.15) is 5.26 Å². The predicted octanol–water partition coefficient (Wildman–Crippen LogP) is 2.82. The van der Waals surface area contributed by atoms with Crippen LogP contribution in [0.25, 0.3) is 0 Å². The highest BCUT2D eigenvalue weighted by Gasteiger charge is 2.24. The van der Waals surface area contributed by atoms with Crippen LogP contribution in [-0.4, -0.2) is 23.0 Å². The first-order chi connectivity index (χ1) is 8.31. The molecule has 3 nitrogen and oxygen atoms in total. The minimum Gasteiger partial charge on any atom is -0.297 e. The first-order valence-electron chi connectivity index (χ1n) is 6.39. The lowest BCUT2D eigenvalue weighted by Gasteiger charge is -2.38. The summed E-state index contributed by atoms with van der Waals surface area (Å²) in [6, 6.07) is 5.85. The molecule has 0 N–H and O–H groups in total. The fourth-order valence-corrected chi connectivity index (χ4v) is 1.88. The molecule has 1 aliphatic rings. The SMILES string of the molecule is CC.CCC1CN(Cc2ccc(C#N)cn2)C1. The molecule has 17 heavy (non-hydrogen) atoms. The van der Waals surface area contributed by atoms with Gasteiger partial charge in [0.1, 0.15) is 6.07 Å². The van der Waals surface area contributed by atoms with Crippen molar-refractivity contribution in [3.63, 3.8) is 0 Å². The van der Waals surface area contributed by atoms with Crippen molar-refractivity contribution in [2.45, 2.75) is 33.7 Å². The molecule has 0 bridgehead atoms. The highest BCUT2D eigenvalue weighted by Crippen LogP contribution is 2.20. The summed E-state index contributed by atoms with van der Waals surface area (Å²) < 4.78 is 0. The van der Waals surface area contributed by atoms with Crippen LogP contribution in [0.2, 0.25) is 0 Å². The molecular formula is C14H21N3. The van der Waals surface area contributed by atoms with E-state index in [0.29, 0.717) is 5.56 Å². The van der Waals surface area contributed by atoms with E-state index in [-0.39, 0.29) is 0 Å². The average molecular weight is 231 g/mol. The van der Waals surface area contributed by atoms with Crippen molar-refractivity contribution in [1.29, 1.82) is 5.26 Å². The van der Waals surface area contributed by atoms with Gasteiger partial charge in [0.05, 0.1) is 11.3 Å². The van der Waals surface area contributed by atoms with Gasteiger partial charge in [-0.15, -0.1) is 0 Å². The maximum atomic E-state index is 8.63. The molecule has 0 saturated carbocycles. The summed E-state index contributed by atoms with van der Waals surface area (Å²) in [5.41, 5.74) is 1.69. The molecule has 1 saturated heterocycles. The van der Waals surface area contributed by atoms with Crippen LogP contribution in [0.1, 0.15) is 38.4 Å². The lowest BCUT2D eigenvalue weighted by Crippen LogP contribution is -2.45. The molecule has 1 aromatic rings. The van der Waals surface area contributed by atoms with Gasteiger partial charge in [0, 0.05) is 25.8 Å². The number of nitriles is 1. The maximum Gasteiger partial charge on any atom is 0.101 e. The van der Waals surface area contributed by atoms with E-state index in [0.717, 1.165) is 18.2 Å². The van der Waals surface area contributed by atoms with Crippen LogP contribution < -0.4 is 0 Å². The fraction of sp³-hybridized carbons (Fsp3) is 0.571. The predicted molar refractivity (Wildman–Crippen MR) is 69.4 cm³/mol. The molecule has 0 aliphatic carbocycles. The normalized spacial score (nSPS) is 15.4. The van der Waals surface area contributed by atoms with Gasteiger partial charge >= 0.3 is 0 Å². The van der Waals surface area contributed by atoms with Crippen molar-refractivity contribution in [1.82, 2.24) is 9.88 Å². The van der Waals surface area contributed by atoms with Crippen molar-refractivity contribution in [3.8, 4) is 6.07 Å². The summed E-state index contributed by atoms with van der Waals surface area (Å²) in [7, 11) is 0. The van der Waals surface area contributed by atoms with Crippen LogP contribution >= 0.6 is 0 Å². The Hall–Kier alpha value is -1.40. The van der Waals surface area contributed by atoms with Gasteiger partial charge in [0.15, 0.2) is 0 Å². The van der Waals surface area contributed by atoms with Gasteiger partial charge in [0.25, 0.3) is 0 Å². The zero-order valence-corrected chi connectivity index (χ0v) is 11.0. The molecule has 0 aromatic carbocycles. The number of likely N-dealkylation sites (tertiary alicyclic amines) is 1. The molecule has 0 amide bonds. The highest BCUT2D eigenvalue weighted by molar-refractivity contribution is 5.26. The summed E-state index contributed by atoms with van der Waals surface area (Å²) >= 11 is 0. The van der Waals surface area contributed by atoms with Crippen LogP contribution in [-0.2, 0) is 6.54 Å². The Morgan fingerprint density at radius 2 is 2.12 bits per heavy atom. The summed E-state index contributed by atoms with van der Waals surface area (Å²) in [5, 5.41) is 8.63. The first kappa shape index (κ1) is 13.7. The van der Waals surface area contributed by atoms with Gasteiger partial charge in [-0.1, -0.05) is 27.2 Å². The van der Waals surface area contributed by atoms with Crippen molar-refractivity contribution < 1.29 is 0 Å². The number of hydrogen-bond acceptors (Lipinski definition) is 3. The van der Waals surface area contributed by atoms with Gasteiger partial charge in [-0.25, -0.2) is 0 Å². The molecule has 1 fully saturated rings. The Labute approximate surface area is 104 Å². The van der Waals surface area contributed by atoms with E-state index in [2.05, 4.69) is 22.9 Å². The molecule has 0 spiro atoms. The van der Waals surface area contributed by atoms with Gasteiger partial charge in [0.2, 0.25) is 0 Å². The Kier molecular flexibility index (Phi) is 5.65. The molecular weight excluding hydrogens is 210 g/mol. The fourth-order valence-electron chi connectivity index (χ4n) is 1.88. The van der Waals surface area contributed by atoms with Gasteiger partial charge in [-0.3, -0.25) is 9.88 Å². The smallest absolute Gasteiger partial charge is 0.101 e. The average Bonchev–Trinajstić information content (AvgIpc) is 2.36. The summed E-state index contributed by atoms with van der Waals surface area (Å²) in [5.74, 6) is 0.878. The van der Waals surface area contributed by atoms with Crippen LogP contribution in [0.5, 0.6) is 0 Å². The zero-order valence-electron chi connectivity index (χ0n) is 11.0. The topological polar surface area (TPSA) is 39.9 Å². The molecule has 0 unspecified atom stereocenters. The first-order valence-corrected chi connectivity index (χ1v) is 6.39. The Bertz CT molecular complexity index is 358. The Morgan fingerprint density at radius 3 is 2.59 bits per heavy atom. The lowest BCUT2D eigenvalue weighted by atomic mass is 9.97. The van der Waals surface area contributed by atoms with Gasteiger partial charge < -0.3 is 0 Å². The monoisotopic (exact) mass is 231 g/mol. The Balaban J connectivity index is 0.000000686. The third-order valence-electron chi connectivity index (χ3n) is 2.95. The molecule has 3 heteroatoms. The number of nitrogens with zero attached hydrogens (tertiary/aromatic N) is 3. The minimum absolute atomic E-state index is 0.633. The van der Waals surface area contributed by atoms with Crippen molar-refractivity contribution in [2.75, 3.05) is 13.1 Å². The number of aromatic nitrogens is 1. The van der Waals surface area contributed by atoms with Crippen LogP contribution in [0.3, 0.4) is 0 Å². The minimum atomic E-state index is 0.633. The number of rotatable bonds is 3. The summed E-state index contributed by atoms with van der Waals surface area (Å²) in [4.78, 5) is 6.65. The van der Waals surface area contributed by atoms with Crippen LogP contribution in [0, 0.1) is 17.2 Å². The van der Waals surface area contributed by atoms with E-state index in [1.807, 2.05) is 26.0 Å². The van der Waals surface area contributed by atoms with Crippen molar-refractivity contribution in [2.24, 2.45) is 5.92 Å².